The summed E-state index contributed by atoms with van der Waals surface area (Å²) in [4.78, 5) is 12.2. The van der Waals surface area contributed by atoms with E-state index in [1.165, 1.54) is 6.42 Å². The van der Waals surface area contributed by atoms with Crippen molar-refractivity contribution in [1.29, 1.82) is 0 Å². The van der Waals surface area contributed by atoms with Crippen LogP contribution in [0.3, 0.4) is 0 Å². The maximum absolute atomic E-state index is 12.2. The Morgan fingerprint density at radius 3 is 2.63 bits per heavy atom. The largest absolute Gasteiger partial charge is 0.397 e. The lowest BCUT2D eigenvalue weighted by atomic mass is 10.0. The summed E-state index contributed by atoms with van der Waals surface area (Å²) in [5, 5.41) is 3.04. The number of anilines is 1. The quantitative estimate of drug-likeness (QED) is 0.796. The van der Waals surface area contributed by atoms with Crippen LogP contribution >= 0.6 is 0 Å². The van der Waals surface area contributed by atoms with Crippen molar-refractivity contribution >= 4 is 11.6 Å². The van der Waals surface area contributed by atoms with E-state index in [1.54, 1.807) is 12.3 Å². The first-order chi connectivity index (χ1) is 8.93. The normalized spacial score (nSPS) is 12.7. The predicted octanol–water partition coefficient (Wildman–Crippen LogP) is 3.03. The van der Waals surface area contributed by atoms with Crippen molar-refractivity contribution in [3.05, 3.63) is 18.0 Å². The molecule has 4 heteroatoms. The van der Waals surface area contributed by atoms with Crippen LogP contribution in [-0.4, -0.2) is 16.5 Å². The number of nitrogens with zero attached hydrogens (tertiary/aromatic N) is 1. The summed E-state index contributed by atoms with van der Waals surface area (Å²) in [7, 11) is 0. The third kappa shape index (κ3) is 4.97. The molecule has 0 radical (unpaired) electrons. The maximum atomic E-state index is 12.2. The molecule has 1 unspecified atom stereocenters. The van der Waals surface area contributed by atoms with Crippen LogP contribution in [0.4, 0.5) is 5.69 Å². The molecule has 108 valence electrons. The van der Waals surface area contributed by atoms with Crippen molar-refractivity contribution in [2.75, 3.05) is 5.73 Å². The van der Waals surface area contributed by atoms with Crippen LogP contribution in [0.1, 0.15) is 57.4 Å². The maximum Gasteiger partial charge on any atom is 0.268 e. The lowest BCUT2D eigenvalue weighted by molar-refractivity contribution is 0.0928. The van der Waals surface area contributed by atoms with Crippen molar-refractivity contribution in [1.82, 2.24) is 9.88 Å². The van der Waals surface area contributed by atoms with Crippen molar-refractivity contribution in [2.45, 2.75) is 59.5 Å². The number of aryl methyl sites for hydroxylation is 1. The summed E-state index contributed by atoms with van der Waals surface area (Å²) in [5.74, 6) is 0.690. The van der Waals surface area contributed by atoms with Gasteiger partial charge in [-0.15, -0.1) is 0 Å². The van der Waals surface area contributed by atoms with Crippen molar-refractivity contribution in [3.8, 4) is 0 Å². The van der Waals surface area contributed by atoms with E-state index in [-0.39, 0.29) is 11.9 Å². The summed E-state index contributed by atoms with van der Waals surface area (Å²) < 4.78 is 1.88. The Labute approximate surface area is 116 Å². The van der Waals surface area contributed by atoms with Crippen molar-refractivity contribution in [3.63, 3.8) is 0 Å². The minimum absolute atomic E-state index is 0.0319. The van der Waals surface area contributed by atoms with Crippen LogP contribution < -0.4 is 11.1 Å². The number of carbonyl (C=O) groups excluding carboxylic acids is 1. The highest BCUT2D eigenvalue weighted by Crippen LogP contribution is 2.12. The lowest BCUT2D eigenvalue weighted by Crippen LogP contribution is -2.33. The van der Waals surface area contributed by atoms with Gasteiger partial charge >= 0.3 is 0 Å². The SMILES string of the molecule is CCn1cc(N)cc1C(=O)NC(C)CCCC(C)C. The van der Waals surface area contributed by atoms with Crippen LogP contribution in [0.25, 0.3) is 0 Å². The molecule has 1 rings (SSSR count). The topological polar surface area (TPSA) is 60.0 Å². The molecule has 0 aliphatic carbocycles. The van der Waals surface area contributed by atoms with Crippen molar-refractivity contribution in [2.24, 2.45) is 5.92 Å². The molecule has 0 saturated carbocycles. The fourth-order valence-corrected chi connectivity index (χ4v) is 2.19. The zero-order valence-corrected chi connectivity index (χ0v) is 12.6. The van der Waals surface area contributed by atoms with E-state index in [9.17, 15) is 4.79 Å². The second kappa shape index (κ2) is 7.22. The fraction of sp³-hybridized carbons (Fsp3) is 0.667. The van der Waals surface area contributed by atoms with Gasteiger partial charge in [-0.3, -0.25) is 4.79 Å². The second-order valence-electron chi connectivity index (χ2n) is 5.64. The fourth-order valence-electron chi connectivity index (χ4n) is 2.19. The van der Waals surface area contributed by atoms with E-state index in [1.807, 2.05) is 11.5 Å². The highest BCUT2D eigenvalue weighted by Gasteiger charge is 2.14. The molecule has 19 heavy (non-hydrogen) atoms. The molecule has 0 saturated heterocycles. The van der Waals surface area contributed by atoms with Gasteiger partial charge in [0.15, 0.2) is 0 Å². The summed E-state index contributed by atoms with van der Waals surface area (Å²) in [6.45, 7) is 9.26. The minimum Gasteiger partial charge on any atom is -0.397 e. The molecular formula is C15H27N3O. The Morgan fingerprint density at radius 1 is 1.37 bits per heavy atom. The van der Waals surface area contributed by atoms with Crippen LogP contribution in [0.15, 0.2) is 12.3 Å². The van der Waals surface area contributed by atoms with Gasteiger partial charge in [0.1, 0.15) is 5.69 Å². The molecule has 1 atom stereocenters. The van der Waals surface area contributed by atoms with Gasteiger partial charge in [0.2, 0.25) is 0 Å². The van der Waals surface area contributed by atoms with Crippen LogP contribution in [0, 0.1) is 5.92 Å². The molecule has 1 amide bonds. The van der Waals surface area contributed by atoms with E-state index in [0.29, 0.717) is 11.4 Å². The van der Waals surface area contributed by atoms with Crippen LogP contribution in [0.5, 0.6) is 0 Å². The molecule has 0 bridgehead atoms. The zero-order valence-electron chi connectivity index (χ0n) is 12.6. The number of aromatic nitrogens is 1. The van der Waals surface area contributed by atoms with Crippen LogP contribution in [-0.2, 0) is 6.54 Å². The Kier molecular flexibility index (Phi) is 5.93. The summed E-state index contributed by atoms with van der Waals surface area (Å²) >= 11 is 0. The van der Waals surface area contributed by atoms with Gasteiger partial charge in [-0.1, -0.05) is 26.7 Å². The van der Waals surface area contributed by atoms with Gasteiger partial charge in [0.05, 0.1) is 5.69 Å². The number of nitrogen functional groups attached to an aromatic ring is 1. The average molecular weight is 265 g/mol. The van der Waals surface area contributed by atoms with Gasteiger partial charge in [-0.05, 0) is 32.3 Å². The van der Waals surface area contributed by atoms with E-state index in [2.05, 4.69) is 26.1 Å². The molecule has 0 spiro atoms. The molecule has 0 aliphatic rings. The zero-order chi connectivity index (χ0) is 14.4. The molecule has 1 aromatic rings. The molecular weight excluding hydrogens is 238 g/mol. The molecule has 0 fully saturated rings. The summed E-state index contributed by atoms with van der Waals surface area (Å²) in [5.41, 5.74) is 7.02. The van der Waals surface area contributed by atoms with Gasteiger partial charge in [0, 0.05) is 18.8 Å². The smallest absolute Gasteiger partial charge is 0.268 e. The van der Waals surface area contributed by atoms with Crippen LogP contribution in [0.2, 0.25) is 0 Å². The number of rotatable bonds is 7. The number of nitrogens with one attached hydrogen (secondary N) is 1. The first kappa shape index (κ1) is 15.6. The molecule has 0 aromatic carbocycles. The first-order valence-corrected chi connectivity index (χ1v) is 7.20. The van der Waals surface area contributed by atoms with Gasteiger partial charge in [0.25, 0.3) is 5.91 Å². The summed E-state index contributed by atoms with van der Waals surface area (Å²) in [6, 6.07) is 1.94. The number of hydrogen-bond acceptors (Lipinski definition) is 2. The molecule has 1 heterocycles. The number of hydrogen-bond donors (Lipinski definition) is 2. The number of amides is 1. The van der Waals surface area contributed by atoms with Crippen molar-refractivity contribution < 1.29 is 4.79 Å². The monoisotopic (exact) mass is 265 g/mol. The highest BCUT2D eigenvalue weighted by molar-refractivity contribution is 5.94. The predicted molar refractivity (Wildman–Crippen MR) is 80.1 cm³/mol. The highest BCUT2D eigenvalue weighted by atomic mass is 16.2. The third-order valence-electron chi connectivity index (χ3n) is 3.29. The van der Waals surface area contributed by atoms with Gasteiger partial charge in [-0.2, -0.15) is 0 Å². The molecule has 1 aromatic heterocycles. The molecule has 3 N–H and O–H groups in total. The second-order valence-corrected chi connectivity index (χ2v) is 5.64. The van der Waals surface area contributed by atoms with E-state index in [4.69, 9.17) is 5.73 Å². The van der Waals surface area contributed by atoms with E-state index in [0.717, 1.165) is 25.3 Å². The molecule has 0 aliphatic heterocycles. The van der Waals surface area contributed by atoms with E-state index >= 15 is 0 Å². The van der Waals surface area contributed by atoms with E-state index < -0.39 is 0 Å². The Bertz CT molecular complexity index is 410. The number of carbonyl (C=O) groups is 1. The standard InChI is InChI=1S/C15H27N3O/c1-5-18-10-13(16)9-14(18)15(19)17-12(4)8-6-7-11(2)3/h9-12H,5-8,16H2,1-4H3,(H,17,19). The minimum atomic E-state index is -0.0319. The average Bonchev–Trinajstić information content (AvgIpc) is 2.70. The Hall–Kier alpha value is -1.45. The van der Waals surface area contributed by atoms with Gasteiger partial charge < -0.3 is 15.6 Å². The van der Waals surface area contributed by atoms with Gasteiger partial charge in [-0.25, -0.2) is 0 Å². The first-order valence-electron chi connectivity index (χ1n) is 7.20. The Morgan fingerprint density at radius 2 is 2.05 bits per heavy atom. The molecule has 4 nitrogen and oxygen atoms in total. The Balaban J connectivity index is 2.49. The number of nitrogens with two attached hydrogens (primary N) is 1. The third-order valence-corrected chi connectivity index (χ3v) is 3.29. The lowest BCUT2D eigenvalue weighted by Gasteiger charge is -2.15. The summed E-state index contributed by atoms with van der Waals surface area (Å²) in [6.07, 6.45) is 5.18.